The molecule has 6 nitrogen and oxygen atoms in total. The van der Waals surface area contributed by atoms with Crippen molar-refractivity contribution < 1.29 is 18.7 Å². The van der Waals surface area contributed by atoms with Gasteiger partial charge in [0.1, 0.15) is 12.0 Å². The lowest BCUT2D eigenvalue weighted by molar-refractivity contribution is 0.129. The molecule has 1 aromatic carbocycles. The molecular formula is C18H18N2O4S. The molecule has 2 heterocycles. The molecule has 0 unspecified atom stereocenters. The lowest BCUT2D eigenvalue weighted by Crippen LogP contribution is -1.96. The molecule has 2 aromatic heterocycles. The molecule has 0 saturated carbocycles. The Morgan fingerprint density at radius 3 is 2.96 bits per heavy atom. The number of nitrogens with zero attached hydrogens (tertiary/aromatic N) is 2. The average Bonchev–Trinajstić information content (AvgIpc) is 3.31. The van der Waals surface area contributed by atoms with Gasteiger partial charge in [0.05, 0.1) is 24.8 Å². The molecule has 3 rings (SSSR count). The van der Waals surface area contributed by atoms with E-state index in [0.29, 0.717) is 29.7 Å². The summed E-state index contributed by atoms with van der Waals surface area (Å²) in [5.74, 6) is 1.95. The summed E-state index contributed by atoms with van der Waals surface area (Å²) < 4.78 is 16.2. The molecule has 0 atom stereocenters. The molecule has 0 bridgehead atoms. The summed E-state index contributed by atoms with van der Waals surface area (Å²) in [6.07, 6.45) is 3.18. The molecule has 0 spiro atoms. The van der Waals surface area contributed by atoms with Crippen molar-refractivity contribution in [2.24, 2.45) is 5.16 Å². The van der Waals surface area contributed by atoms with E-state index in [1.165, 1.54) is 0 Å². The Morgan fingerprint density at radius 2 is 2.20 bits per heavy atom. The minimum Gasteiger partial charge on any atom is -0.493 e. The highest BCUT2D eigenvalue weighted by atomic mass is 32.1. The second kappa shape index (κ2) is 8.34. The fourth-order valence-corrected chi connectivity index (χ4v) is 2.78. The predicted molar refractivity (Wildman–Crippen MR) is 96.4 cm³/mol. The second-order valence-electron chi connectivity index (χ2n) is 4.97. The Bertz CT molecular complexity index is 827. The van der Waals surface area contributed by atoms with Crippen LogP contribution < -0.4 is 9.47 Å². The third-order valence-electron chi connectivity index (χ3n) is 3.26. The van der Waals surface area contributed by atoms with Crippen LogP contribution in [0.15, 0.2) is 51.5 Å². The normalized spacial score (nSPS) is 11.0. The Kier molecular flexibility index (Phi) is 5.69. The summed E-state index contributed by atoms with van der Waals surface area (Å²) in [6.45, 7) is 2.74. The average molecular weight is 358 g/mol. The van der Waals surface area contributed by atoms with E-state index in [4.69, 9.17) is 18.7 Å². The van der Waals surface area contributed by atoms with Crippen molar-refractivity contribution in [3.63, 3.8) is 0 Å². The summed E-state index contributed by atoms with van der Waals surface area (Å²) >= 11 is 1.57. The van der Waals surface area contributed by atoms with Gasteiger partial charge in [0, 0.05) is 5.56 Å². The molecule has 0 fully saturated rings. The van der Waals surface area contributed by atoms with Gasteiger partial charge in [0.25, 0.3) is 0 Å². The fraction of sp³-hybridized carbons (Fsp3) is 0.222. The number of hydrogen-bond donors (Lipinski definition) is 0. The first-order valence-corrected chi connectivity index (χ1v) is 8.62. The number of oxime groups is 1. The van der Waals surface area contributed by atoms with Gasteiger partial charge in [-0.25, -0.2) is 4.98 Å². The third-order valence-corrected chi connectivity index (χ3v) is 4.12. The van der Waals surface area contributed by atoms with E-state index in [1.807, 2.05) is 42.6 Å². The van der Waals surface area contributed by atoms with Gasteiger partial charge in [-0.1, -0.05) is 11.2 Å². The van der Waals surface area contributed by atoms with E-state index in [-0.39, 0.29) is 6.61 Å². The second-order valence-corrected chi connectivity index (χ2v) is 5.92. The molecular weight excluding hydrogens is 340 g/mol. The van der Waals surface area contributed by atoms with Crippen LogP contribution in [0.2, 0.25) is 0 Å². The van der Waals surface area contributed by atoms with Crippen LogP contribution in [0.25, 0.3) is 10.8 Å². The highest BCUT2D eigenvalue weighted by Crippen LogP contribution is 2.27. The summed E-state index contributed by atoms with van der Waals surface area (Å²) in [4.78, 5) is 10.6. The molecule has 7 heteroatoms. The number of aromatic nitrogens is 1. The molecule has 0 N–H and O–H groups in total. The van der Waals surface area contributed by atoms with Gasteiger partial charge in [0.15, 0.2) is 18.1 Å². The van der Waals surface area contributed by atoms with Crippen LogP contribution in [-0.2, 0) is 11.4 Å². The standard InChI is InChI=1S/C18H18N2O4S/c1-3-22-15-7-6-13(9-16(15)21-2)10-19-24-12-14-11-23-18(20-14)17-5-4-8-25-17/h4-11H,3,12H2,1-2H3/b19-10-. The number of benzene rings is 1. The van der Waals surface area contributed by atoms with Crippen molar-refractivity contribution in [2.75, 3.05) is 13.7 Å². The number of hydrogen-bond acceptors (Lipinski definition) is 7. The molecule has 0 amide bonds. The summed E-state index contributed by atoms with van der Waals surface area (Å²) in [5, 5.41) is 5.94. The maximum atomic E-state index is 5.48. The number of rotatable bonds is 8. The quantitative estimate of drug-likeness (QED) is 0.442. The predicted octanol–water partition coefficient (Wildman–Crippen LogP) is 4.36. The van der Waals surface area contributed by atoms with Crippen LogP contribution in [0.3, 0.4) is 0 Å². The molecule has 130 valence electrons. The fourth-order valence-electron chi connectivity index (χ4n) is 2.13. The van der Waals surface area contributed by atoms with Crippen molar-refractivity contribution >= 4 is 17.6 Å². The van der Waals surface area contributed by atoms with E-state index >= 15 is 0 Å². The zero-order chi connectivity index (χ0) is 17.5. The molecule has 3 aromatic rings. The lowest BCUT2D eigenvalue weighted by Gasteiger charge is -2.09. The zero-order valence-electron chi connectivity index (χ0n) is 14.0. The first kappa shape index (κ1) is 17.0. The van der Waals surface area contributed by atoms with Crippen LogP contribution in [0.1, 0.15) is 18.2 Å². The largest absolute Gasteiger partial charge is 0.493 e. The van der Waals surface area contributed by atoms with Gasteiger partial charge in [-0.2, -0.15) is 0 Å². The van der Waals surface area contributed by atoms with Crippen LogP contribution in [-0.4, -0.2) is 24.9 Å². The smallest absolute Gasteiger partial charge is 0.236 e. The number of thiophene rings is 1. The first-order chi connectivity index (χ1) is 12.3. The summed E-state index contributed by atoms with van der Waals surface area (Å²) in [5.41, 5.74) is 1.53. The maximum Gasteiger partial charge on any atom is 0.236 e. The third kappa shape index (κ3) is 4.39. The van der Waals surface area contributed by atoms with Crippen LogP contribution in [0, 0.1) is 0 Å². The number of oxazole rings is 1. The van der Waals surface area contributed by atoms with E-state index in [9.17, 15) is 0 Å². The van der Waals surface area contributed by atoms with E-state index in [0.717, 1.165) is 10.4 Å². The molecule has 0 aliphatic heterocycles. The van der Waals surface area contributed by atoms with Crippen molar-refractivity contribution in [3.8, 4) is 22.3 Å². The molecule has 0 saturated heterocycles. The van der Waals surface area contributed by atoms with Crippen molar-refractivity contribution in [1.29, 1.82) is 0 Å². The Labute approximate surface area is 149 Å². The van der Waals surface area contributed by atoms with Gasteiger partial charge < -0.3 is 18.7 Å². The minimum absolute atomic E-state index is 0.236. The molecule has 0 radical (unpaired) electrons. The van der Waals surface area contributed by atoms with Gasteiger partial charge in [0.2, 0.25) is 5.89 Å². The van der Waals surface area contributed by atoms with E-state index in [2.05, 4.69) is 10.1 Å². The van der Waals surface area contributed by atoms with Gasteiger partial charge in [-0.05, 0) is 36.6 Å². The SMILES string of the molecule is CCOc1ccc(/C=N\OCc2coc(-c3cccs3)n2)cc1OC. The van der Waals surface area contributed by atoms with E-state index in [1.54, 1.807) is 30.9 Å². The van der Waals surface area contributed by atoms with Crippen molar-refractivity contribution in [3.05, 3.63) is 53.2 Å². The minimum atomic E-state index is 0.236. The van der Waals surface area contributed by atoms with Crippen molar-refractivity contribution in [2.45, 2.75) is 13.5 Å². The molecule has 0 aliphatic carbocycles. The van der Waals surface area contributed by atoms with Crippen LogP contribution in [0.4, 0.5) is 0 Å². The van der Waals surface area contributed by atoms with E-state index < -0.39 is 0 Å². The zero-order valence-corrected chi connectivity index (χ0v) is 14.8. The number of methoxy groups -OCH3 is 1. The monoisotopic (exact) mass is 358 g/mol. The Balaban J connectivity index is 1.56. The first-order valence-electron chi connectivity index (χ1n) is 7.74. The van der Waals surface area contributed by atoms with Crippen LogP contribution in [0.5, 0.6) is 11.5 Å². The lowest BCUT2D eigenvalue weighted by atomic mass is 10.2. The Hall–Kier alpha value is -2.80. The van der Waals surface area contributed by atoms with Gasteiger partial charge >= 0.3 is 0 Å². The highest BCUT2D eigenvalue weighted by molar-refractivity contribution is 7.13. The van der Waals surface area contributed by atoms with Crippen molar-refractivity contribution in [1.82, 2.24) is 4.98 Å². The summed E-state index contributed by atoms with van der Waals surface area (Å²) in [6, 6.07) is 9.47. The molecule has 25 heavy (non-hydrogen) atoms. The van der Waals surface area contributed by atoms with Gasteiger partial charge in [-0.3, -0.25) is 0 Å². The Morgan fingerprint density at radius 1 is 1.28 bits per heavy atom. The molecule has 0 aliphatic rings. The van der Waals surface area contributed by atoms with Crippen LogP contribution >= 0.6 is 11.3 Å². The maximum absolute atomic E-state index is 5.48. The topological polar surface area (TPSA) is 66.1 Å². The number of ether oxygens (including phenoxy) is 2. The summed E-state index contributed by atoms with van der Waals surface area (Å²) in [7, 11) is 1.60. The highest BCUT2D eigenvalue weighted by Gasteiger charge is 2.08. The van der Waals surface area contributed by atoms with Gasteiger partial charge in [-0.15, -0.1) is 11.3 Å².